The normalized spacial score (nSPS) is 10.1. The van der Waals surface area contributed by atoms with Gasteiger partial charge in [0.1, 0.15) is 11.6 Å². The lowest BCUT2D eigenvalue weighted by Gasteiger charge is -2.17. The van der Waals surface area contributed by atoms with Crippen LogP contribution in [-0.4, -0.2) is 25.5 Å². The number of hydrogen-bond donors (Lipinski definition) is 0. The molecule has 0 unspecified atom stereocenters. The molecule has 0 atom stereocenters. The number of amides is 1. The van der Waals surface area contributed by atoms with Crippen LogP contribution in [0.2, 0.25) is 0 Å². The van der Waals surface area contributed by atoms with Crippen LogP contribution in [0.3, 0.4) is 0 Å². The molecule has 0 heterocycles. The predicted molar refractivity (Wildman–Crippen MR) is 76.5 cm³/mol. The van der Waals surface area contributed by atoms with Gasteiger partial charge in [0.05, 0.1) is 5.56 Å². The number of halogens is 2. The molecule has 0 bridgehead atoms. The standard InChI is InChI=1S/C16H13F2NO3/c1-19(12-5-3-2-4-6-12)15(20)10-22-16(21)13-8-7-11(17)9-14(13)18/h2-9H,10H2,1H3. The van der Waals surface area contributed by atoms with Gasteiger partial charge in [0.25, 0.3) is 5.91 Å². The molecule has 0 spiro atoms. The molecule has 0 N–H and O–H groups in total. The molecule has 0 fully saturated rings. The maximum Gasteiger partial charge on any atom is 0.341 e. The maximum atomic E-state index is 13.4. The summed E-state index contributed by atoms with van der Waals surface area (Å²) in [5.41, 5.74) is 0.216. The molecule has 0 aliphatic carbocycles. The fraction of sp³-hybridized carbons (Fsp3) is 0.125. The van der Waals surface area contributed by atoms with Gasteiger partial charge >= 0.3 is 5.97 Å². The van der Waals surface area contributed by atoms with Crippen LogP contribution < -0.4 is 4.90 Å². The molecule has 1 amide bonds. The van der Waals surface area contributed by atoms with E-state index >= 15 is 0 Å². The van der Waals surface area contributed by atoms with Gasteiger partial charge < -0.3 is 9.64 Å². The fourth-order valence-corrected chi connectivity index (χ4v) is 1.75. The Morgan fingerprint density at radius 2 is 1.77 bits per heavy atom. The predicted octanol–water partition coefficient (Wildman–Crippen LogP) is 2.78. The van der Waals surface area contributed by atoms with Gasteiger partial charge in [-0.15, -0.1) is 0 Å². The average molecular weight is 305 g/mol. The van der Waals surface area contributed by atoms with E-state index in [1.165, 1.54) is 11.9 Å². The van der Waals surface area contributed by atoms with E-state index in [1.807, 2.05) is 0 Å². The quantitative estimate of drug-likeness (QED) is 0.816. The van der Waals surface area contributed by atoms with E-state index in [-0.39, 0.29) is 0 Å². The van der Waals surface area contributed by atoms with Crippen molar-refractivity contribution in [1.29, 1.82) is 0 Å². The molecule has 0 aromatic heterocycles. The highest BCUT2D eigenvalue weighted by atomic mass is 19.1. The molecular weight excluding hydrogens is 292 g/mol. The Hall–Kier alpha value is -2.76. The van der Waals surface area contributed by atoms with Gasteiger partial charge in [0.2, 0.25) is 0 Å². The van der Waals surface area contributed by atoms with Crippen LogP contribution in [0.4, 0.5) is 14.5 Å². The van der Waals surface area contributed by atoms with Crippen LogP contribution in [0.5, 0.6) is 0 Å². The first-order chi connectivity index (χ1) is 10.5. The number of para-hydroxylation sites is 1. The Balaban J connectivity index is 1.97. The molecule has 114 valence electrons. The second kappa shape index (κ2) is 6.80. The largest absolute Gasteiger partial charge is 0.452 e. The zero-order chi connectivity index (χ0) is 16.1. The third kappa shape index (κ3) is 3.66. The molecule has 4 nitrogen and oxygen atoms in total. The molecule has 0 radical (unpaired) electrons. The average Bonchev–Trinajstić information content (AvgIpc) is 2.52. The minimum atomic E-state index is -1.03. The SMILES string of the molecule is CN(C(=O)COC(=O)c1ccc(F)cc1F)c1ccccc1. The molecule has 22 heavy (non-hydrogen) atoms. The molecule has 0 aliphatic rings. The van der Waals surface area contributed by atoms with E-state index in [0.29, 0.717) is 11.8 Å². The summed E-state index contributed by atoms with van der Waals surface area (Å²) in [7, 11) is 1.53. The number of ether oxygens (including phenoxy) is 1. The zero-order valence-corrected chi connectivity index (χ0v) is 11.8. The smallest absolute Gasteiger partial charge is 0.341 e. The second-order valence-electron chi connectivity index (χ2n) is 4.49. The Morgan fingerprint density at radius 1 is 1.09 bits per heavy atom. The Morgan fingerprint density at radius 3 is 2.41 bits per heavy atom. The third-order valence-corrected chi connectivity index (χ3v) is 3.00. The first-order valence-corrected chi connectivity index (χ1v) is 6.43. The highest BCUT2D eigenvalue weighted by Crippen LogP contribution is 2.13. The van der Waals surface area contributed by atoms with Gasteiger partial charge in [0.15, 0.2) is 6.61 Å². The molecule has 0 aliphatic heterocycles. The van der Waals surface area contributed by atoms with Gasteiger partial charge in [-0.2, -0.15) is 0 Å². The summed E-state index contributed by atoms with van der Waals surface area (Å²) in [5.74, 6) is -3.32. The lowest BCUT2D eigenvalue weighted by molar-refractivity contribution is -0.121. The van der Waals surface area contributed by atoms with E-state index in [0.717, 1.165) is 12.1 Å². The van der Waals surface area contributed by atoms with Crippen molar-refractivity contribution < 1.29 is 23.1 Å². The van der Waals surface area contributed by atoms with Crippen molar-refractivity contribution in [3.63, 3.8) is 0 Å². The minimum absolute atomic E-state index is 0.420. The molecule has 6 heteroatoms. The van der Waals surface area contributed by atoms with Crippen molar-refractivity contribution in [2.45, 2.75) is 0 Å². The van der Waals surface area contributed by atoms with Gasteiger partial charge in [-0.1, -0.05) is 18.2 Å². The Kier molecular flexibility index (Phi) is 4.83. The summed E-state index contributed by atoms with van der Waals surface area (Å²) in [6.07, 6.45) is 0. The van der Waals surface area contributed by atoms with Crippen molar-refractivity contribution >= 4 is 17.6 Å². The highest BCUT2D eigenvalue weighted by molar-refractivity contribution is 5.96. The Bertz CT molecular complexity index is 689. The van der Waals surface area contributed by atoms with Crippen LogP contribution in [-0.2, 0) is 9.53 Å². The summed E-state index contributed by atoms with van der Waals surface area (Å²) < 4.78 is 30.9. The molecule has 0 saturated heterocycles. The van der Waals surface area contributed by atoms with Crippen LogP contribution in [0.25, 0.3) is 0 Å². The van der Waals surface area contributed by atoms with Crippen molar-refractivity contribution in [2.24, 2.45) is 0 Å². The first kappa shape index (κ1) is 15.6. The fourth-order valence-electron chi connectivity index (χ4n) is 1.75. The first-order valence-electron chi connectivity index (χ1n) is 6.43. The minimum Gasteiger partial charge on any atom is -0.452 e. The number of carbonyl (C=O) groups excluding carboxylic acids is 2. The monoisotopic (exact) mass is 305 g/mol. The number of carbonyl (C=O) groups is 2. The summed E-state index contributed by atoms with van der Waals surface area (Å²) in [6.45, 7) is -0.541. The van der Waals surface area contributed by atoms with Crippen LogP contribution in [0.1, 0.15) is 10.4 Å². The summed E-state index contributed by atoms with van der Waals surface area (Å²) in [4.78, 5) is 24.9. The number of nitrogens with zero attached hydrogens (tertiary/aromatic N) is 1. The van der Waals surface area contributed by atoms with Crippen LogP contribution >= 0.6 is 0 Å². The zero-order valence-electron chi connectivity index (χ0n) is 11.8. The van der Waals surface area contributed by atoms with Gasteiger partial charge in [-0.05, 0) is 24.3 Å². The summed E-state index contributed by atoms with van der Waals surface area (Å²) in [6, 6.07) is 11.3. The topological polar surface area (TPSA) is 46.6 Å². The van der Waals surface area contributed by atoms with Crippen LogP contribution in [0, 0.1) is 11.6 Å². The second-order valence-corrected chi connectivity index (χ2v) is 4.49. The number of esters is 1. The van der Waals surface area contributed by atoms with Crippen molar-refractivity contribution in [3.05, 3.63) is 65.7 Å². The lowest BCUT2D eigenvalue weighted by Crippen LogP contribution is -2.31. The number of likely N-dealkylation sites (N-methyl/N-ethyl adjacent to an activating group) is 1. The van der Waals surface area contributed by atoms with E-state index in [1.54, 1.807) is 30.3 Å². The van der Waals surface area contributed by atoms with Crippen molar-refractivity contribution in [2.75, 3.05) is 18.6 Å². The number of benzene rings is 2. The van der Waals surface area contributed by atoms with Gasteiger partial charge in [0, 0.05) is 18.8 Å². The molecular formula is C16H13F2NO3. The number of anilines is 1. The molecule has 2 aromatic rings. The van der Waals surface area contributed by atoms with Gasteiger partial charge in [-0.3, -0.25) is 4.79 Å². The summed E-state index contributed by atoms with van der Waals surface area (Å²) in [5, 5.41) is 0. The van der Waals surface area contributed by atoms with Crippen molar-refractivity contribution in [1.82, 2.24) is 0 Å². The Labute approximate surface area is 125 Å². The van der Waals surface area contributed by atoms with Crippen LogP contribution in [0.15, 0.2) is 48.5 Å². The number of hydrogen-bond acceptors (Lipinski definition) is 3. The number of rotatable bonds is 4. The highest BCUT2D eigenvalue weighted by Gasteiger charge is 2.17. The van der Waals surface area contributed by atoms with E-state index in [9.17, 15) is 18.4 Å². The van der Waals surface area contributed by atoms with E-state index < -0.39 is 35.7 Å². The van der Waals surface area contributed by atoms with E-state index in [4.69, 9.17) is 4.74 Å². The molecule has 2 aromatic carbocycles. The summed E-state index contributed by atoms with van der Waals surface area (Å²) >= 11 is 0. The molecule has 2 rings (SSSR count). The third-order valence-electron chi connectivity index (χ3n) is 3.00. The van der Waals surface area contributed by atoms with Crippen molar-refractivity contribution in [3.8, 4) is 0 Å². The van der Waals surface area contributed by atoms with Gasteiger partial charge in [-0.25, -0.2) is 13.6 Å². The van der Waals surface area contributed by atoms with E-state index in [2.05, 4.69) is 0 Å². The maximum absolute atomic E-state index is 13.4. The lowest BCUT2D eigenvalue weighted by atomic mass is 10.2. The molecule has 0 saturated carbocycles.